The quantitative estimate of drug-likeness (QED) is 0.783. The van der Waals surface area contributed by atoms with Crippen LogP contribution in [0.5, 0.6) is 0 Å². The second-order valence-electron chi connectivity index (χ2n) is 9.01. The molecule has 0 amide bonds. The first-order valence-corrected chi connectivity index (χ1v) is 9.97. The van der Waals surface area contributed by atoms with Gasteiger partial charge in [0, 0.05) is 12.1 Å². The molecule has 3 aliphatic rings. The number of hydrogen-bond acceptors (Lipinski definition) is 4. The molecule has 1 saturated heterocycles. The second-order valence-corrected chi connectivity index (χ2v) is 9.01. The maximum atomic E-state index is 12.9. The van der Waals surface area contributed by atoms with Crippen molar-refractivity contribution < 1.29 is 9.53 Å². The van der Waals surface area contributed by atoms with Crippen LogP contribution in [0.3, 0.4) is 0 Å². The van der Waals surface area contributed by atoms with Gasteiger partial charge in [0.15, 0.2) is 0 Å². The van der Waals surface area contributed by atoms with Crippen LogP contribution in [0.15, 0.2) is 0 Å². The highest BCUT2D eigenvalue weighted by atomic mass is 16.5. The van der Waals surface area contributed by atoms with E-state index in [2.05, 4.69) is 25.7 Å². The minimum atomic E-state index is -0.204. The Balaban J connectivity index is 2.07. The number of rotatable bonds is 5. The third-order valence-electron chi connectivity index (χ3n) is 8.25. The second kappa shape index (κ2) is 6.28. The predicted octanol–water partition coefficient (Wildman–Crippen LogP) is 3.20. The monoisotopic (exact) mass is 336 g/mol. The molecule has 24 heavy (non-hydrogen) atoms. The van der Waals surface area contributed by atoms with E-state index in [4.69, 9.17) is 10.5 Å². The topological polar surface area (TPSA) is 55.6 Å². The highest BCUT2D eigenvalue weighted by Crippen LogP contribution is 2.73. The molecular formula is C20H36N2O2. The van der Waals surface area contributed by atoms with Gasteiger partial charge in [-0.15, -0.1) is 0 Å². The van der Waals surface area contributed by atoms with E-state index in [1.807, 2.05) is 6.92 Å². The van der Waals surface area contributed by atoms with E-state index >= 15 is 0 Å². The van der Waals surface area contributed by atoms with E-state index in [-0.39, 0.29) is 28.3 Å². The first kappa shape index (κ1) is 18.2. The van der Waals surface area contributed by atoms with Gasteiger partial charge in [0.25, 0.3) is 0 Å². The number of nitrogens with two attached hydrogens (primary N) is 1. The lowest BCUT2D eigenvalue weighted by Crippen LogP contribution is -2.67. The molecule has 2 N–H and O–H groups in total. The van der Waals surface area contributed by atoms with Crippen LogP contribution in [-0.2, 0) is 9.53 Å². The van der Waals surface area contributed by atoms with Crippen molar-refractivity contribution in [3.05, 3.63) is 0 Å². The molecule has 4 nitrogen and oxygen atoms in total. The summed E-state index contributed by atoms with van der Waals surface area (Å²) in [5.41, 5.74) is 6.48. The van der Waals surface area contributed by atoms with Crippen molar-refractivity contribution >= 4 is 5.97 Å². The molecule has 0 aromatic rings. The summed E-state index contributed by atoms with van der Waals surface area (Å²) >= 11 is 0. The molecule has 2 aliphatic carbocycles. The van der Waals surface area contributed by atoms with Gasteiger partial charge < -0.3 is 10.5 Å². The van der Waals surface area contributed by atoms with Gasteiger partial charge in [-0.2, -0.15) is 0 Å². The lowest BCUT2D eigenvalue weighted by atomic mass is 9.57. The Hall–Kier alpha value is -0.610. The molecule has 0 spiro atoms. The molecule has 0 unspecified atom stereocenters. The Morgan fingerprint density at radius 1 is 1.25 bits per heavy atom. The highest BCUT2D eigenvalue weighted by molar-refractivity contribution is 5.75. The van der Waals surface area contributed by atoms with Gasteiger partial charge in [0.1, 0.15) is 0 Å². The molecule has 3 rings (SSSR count). The zero-order valence-electron chi connectivity index (χ0n) is 16.1. The van der Waals surface area contributed by atoms with Gasteiger partial charge >= 0.3 is 5.97 Å². The maximum Gasteiger partial charge on any atom is 0.312 e. The molecule has 2 bridgehead atoms. The van der Waals surface area contributed by atoms with Gasteiger partial charge in [-0.25, -0.2) is 0 Å². The molecule has 4 atom stereocenters. The third-order valence-corrected chi connectivity index (χ3v) is 8.25. The smallest absolute Gasteiger partial charge is 0.312 e. The fraction of sp³-hybridized carbons (Fsp3) is 0.950. The molecule has 1 heterocycles. The van der Waals surface area contributed by atoms with Crippen LogP contribution in [0.25, 0.3) is 0 Å². The van der Waals surface area contributed by atoms with E-state index in [1.165, 1.54) is 32.1 Å². The first-order valence-electron chi connectivity index (χ1n) is 9.97. The number of likely N-dealkylation sites (tertiary alicyclic amines) is 1. The van der Waals surface area contributed by atoms with Gasteiger partial charge in [-0.1, -0.05) is 27.2 Å². The summed E-state index contributed by atoms with van der Waals surface area (Å²) in [6.45, 7) is 12.2. The lowest BCUT2D eigenvalue weighted by molar-refractivity contribution is -0.164. The average Bonchev–Trinajstić information content (AvgIpc) is 2.89. The SMILES string of the molecule is CCOC(=O)[C@H](CN)[C@]1(N2CCCCC2)C[C@@H]2CC[C@]1(C)C2(C)C. The minimum Gasteiger partial charge on any atom is -0.466 e. The van der Waals surface area contributed by atoms with Crippen molar-refractivity contribution in [1.82, 2.24) is 4.90 Å². The largest absolute Gasteiger partial charge is 0.466 e. The molecule has 0 aromatic carbocycles. The fourth-order valence-corrected chi connectivity index (χ4v) is 6.58. The van der Waals surface area contributed by atoms with Crippen LogP contribution in [0.2, 0.25) is 0 Å². The molecular weight excluding hydrogens is 300 g/mol. The fourth-order valence-electron chi connectivity index (χ4n) is 6.58. The van der Waals surface area contributed by atoms with Crippen LogP contribution in [0.1, 0.15) is 66.2 Å². The Bertz CT molecular complexity index is 486. The number of fused-ring (bicyclic) bond motifs is 2. The van der Waals surface area contributed by atoms with E-state index < -0.39 is 0 Å². The number of hydrogen-bond donors (Lipinski definition) is 1. The van der Waals surface area contributed by atoms with Gasteiger partial charge in [-0.05, 0) is 68.9 Å². The average molecular weight is 337 g/mol. The molecule has 138 valence electrons. The first-order chi connectivity index (χ1) is 11.3. The van der Waals surface area contributed by atoms with Crippen molar-refractivity contribution in [3.8, 4) is 0 Å². The highest BCUT2D eigenvalue weighted by Gasteiger charge is 2.73. The standard InChI is InChI=1S/C20H36N2O2/c1-5-24-17(23)16(14-21)20(22-11-7-6-8-12-22)13-15-9-10-19(20,4)18(15,2)3/h15-16H,5-14,21H2,1-4H3/t15-,16-,19+,20+/m0/s1. The van der Waals surface area contributed by atoms with Crippen molar-refractivity contribution in [2.75, 3.05) is 26.2 Å². The Morgan fingerprint density at radius 2 is 1.92 bits per heavy atom. The van der Waals surface area contributed by atoms with Crippen molar-refractivity contribution in [3.63, 3.8) is 0 Å². The Kier molecular flexibility index (Phi) is 4.76. The summed E-state index contributed by atoms with van der Waals surface area (Å²) in [6, 6.07) is 0. The number of ether oxygens (including phenoxy) is 1. The normalized spacial score (nSPS) is 39.8. The predicted molar refractivity (Wildman–Crippen MR) is 96.6 cm³/mol. The van der Waals surface area contributed by atoms with E-state index in [0.717, 1.165) is 19.5 Å². The third kappa shape index (κ3) is 2.21. The molecule has 2 saturated carbocycles. The molecule has 0 aromatic heterocycles. The van der Waals surface area contributed by atoms with Crippen LogP contribution >= 0.6 is 0 Å². The maximum absolute atomic E-state index is 12.9. The molecule has 4 heteroatoms. The van der Waals surface area contributed by atoms with Gasteiger partial charge in [-0.3, -0.25) is 9.69 Å². The van der Waals surface area contributed by atoms with E-state index in [0.29, 0.717) is 19.1 Å². The lowest BCUT2D eigenvalue weighted by Gasteiger charge is -2.58. The zero-order chi connectivity index (χ0) is 17.6. The molecule has 3 fully saturated rings. The van der Waals surface area contributed by atoms with Gasteiger partial charge in [0.05, 0.1) is 12.5 Å². The number of nitrogens with zero attached hydrogens (tertiary/aromatic N) is 1. The number of carbonyl (C=O) groups is 1. The summed E-state index contributed by atoms with van der Waals surface area (Å²) in [7, 11) is 0. The van der Waals surface area contributed by atoms with E-state index in [9.17, 15) is 4.79 Å². The van der Waals surface area contributed by atoms with Crippen molar-refractivity contribution in [2.24, 2.45) is 28.4 Å². The van der Waals surface area contributed by atoms with Crippen LogP contribution < -0.4 is 5.73 Å². The summed E-state index contributed by atoms with van der Waals surface area (Å²) in [4.78, 5) is 15.6. The van der Waals surface area contributed by atoms with Crippen molar-refractivity contribution in [2.45, 2.75) is 71.8 Å². The van der Waals surface area contributed by atoms with Crippen LogP contribution in [0.4, 0.5) is 0 Å². The summed E-state index contributed by atoms with van der Waals surface area (Å²) in [6.07, 6.45) is 7.39. The van der Waals surface area contributed by atoms with E-state index in [1.54, 1.807) is 0 Å². The minimum absolute atomic E-state index is 0.0739. The van der Waals surface area contributed by atoms with Crippen molar-refractivity contribution in [1.29, 1.82) is 0 Å². The Morgan fingerprint density at radius 3 is 2.38 bits per heavy atom. The molecule has 0 radical (unpaired) electrons. The summed E-state index contributed by atoms with van der Waals surface area (Å²) in [5, 5.41) is 0. The Labute approximate surface area is 147 Å². The van der Waals surface area contributed by atoms with Crippen LogP contribution in [0, 0.1) is 22.7 Å². The van der Waals surface area contributed by atoms with Gasteiger partial charge in [0.2, 0.25) is 0 Å². The van der Waals surface area contributed by atoms with Crippen LogP contribution in [-0.4, -0.2) is 42.6 Å². The zero-order valence-corrected chi connectivity index (χ0v) is 16.1. The number of piperidine rings is 1. The number of esters is 1. The number of carbonyl (C=O) groups excluding carboxylic acids is 1. The summed E-state index contributed by atoms with van der Waals surface area (Å²) in [5.74, 6) is 0.410. The molecule has 1 aliphatic heterocycles. The summed E-state index contributed by atoms with van der Waals surface area (Å²) < 4.78 is 5.50.